The molecule has 0 radical (unpaired) electrons. The molecule has 18 heavy (non-hydrogen) atoms. The van der Waals surface area contributed by atoms with Crippen molar-refractivity contribution in [2.45, 2.75) is 31.6 Å². The van der Waals surface area contributed by atoms with Crippen LogP contribution in [0.2, 0.25) is 0 Å². The van der Waals surface area contributed by atoms with E-state index in [9.17, 15) is 0 Å². The van der Waals surface area contributed by atoms with Crippen molar-refractivity contribution in [3.63, 3.8) is 0 Å². The largest absolute Gasteiger partial charge is 0.472 e. The van der Waals surface area contributed by atoms with Gasteiger partial charge < -0.3 is 15.1 Å². The zero-order valence-corrected chi connectivity index (χ0v) is 11.6. The van der Waals surface area contributed by atoms with Gasteiger partial charge in [0.05, 0.1) is 19.1 Å². The van der Waals surface area contributed by atoms with E-state index in [4.69, 9.17) is 4.42 Å². The first-order chi connectivity index (χ1) is 8.88. The Morgan fingerprint density at radius 3 is 3.17 bits per heavy atom. The van der Waals surface area contributed by atoms with Gasteiger partial charge in [0.1, 0.15) is 0 Å². The lowest BCUT2D eigenvalue weighted by molar-refractivity contribution is 0.564. The summed E-state index contributed by atoms with van der Waals surface area (Å²) in [5, 5.41) is 7.42. The number of thioether (sulfide) groups is 1. The molecule has 1 aromatic rings. The van der Waals surface area contributed by atoms with Crippen molar-refractivity contribution in [2.24, 2.45) is 4.99 Å². The SMILES string of the molecule is CCNC(=NCc1ccoc1)NCC1CCCS1. The number of furan rings is 1. The first kappa shape index (κ1) is 13.3. The average Bonchev–Trinajstić information content (AvgIpc) is 3.05. The minimum absolute atomic E-state index is 0.656. The molecule has 0 bridgehead atoms. The van der Waals surface area contributed by atoms with Crippen LogP contribution in [0.15, 0.2) is 28.0 Å². The molecular weight excluding hydrogens is 246 g/mol. The molecule has 4 nitrogen and oxygen atoms in total. The minimum Gasteiger partial charge on any atom is -0.472 e. The summed E-state index contributed by atoms with van der Waals surface area (Å²) in [4.78, 5) is 4.54. The van der Waals surface area contributed by atoms with Gasteiger partial charge in [0.25, 0.3) is 0 Å². The van der Waals surface area contributed by atoms with Gasteiger partial charge in [-0.15, -0.1) is 0 Å². The lowest BCUT2D eigenvalue weighted by atomic mass is 10.2. The van der Waals surface area contributed by atoms with E-state index in [0.717, 1.165) is 29.9 Å². The van der Waals surface area contributed by atoms with Crippen LogP contribution < -0.4 is 10.6 Å². The second kappa shape index (κ2) is 7.36. The maximum absolute atomic E-state index is 5.03. The van der Waals surface area contributed by atoms with E-state index in [1.54, 1.807) is 12.5 Å². The standard InChI is InChI=1S/C13H21N3OS/c1-2-14-13(15-8-11-5-6-17-10-11)16-9-12-4-3-7-18-12/h5-6,10,12H,2-4,7-9H2,1H3,(H2,14,15,16). The third-order valence-corrected chi connectivity index (χ3v) is 4.26. The zero-order chi connectivity index (χ0) is 12.6. The lowest BCUT2D eigenvalue weighted by Crippen LogP contribution is -2.40. The van der Waals surface area contributed by atoms with Crippen LogP contribution in [0.4, 0.5) is 0 Å². The third kappa shape index (κ3) is 4.29. The van der Waals surface area contributed by atoms with E-state index in [2.05, 4.69) is 34.3 Å². The fourth-order valence-electron chi connectivity index (χ4n) is 1.91. The normalized spacial score (nSPS) is 20.1. The van der Waals surface area contributed by atoms with Crippen molar-refractivity contribution < 1.29 is 4.42 Å². The van der Waals surface area contributed by atoms with Crippen molar-refractivity contribution in [1.29, 1.82) is 0 Å². The number of aliphatic imine (C=N–C) groups is 1. The Morgan fingerprint density at radius 1 is 1.56 bits per heavy atom. The van der Waals surface area contributed by atoms with Crippen LogP contribution in [0.25, 0.3) is 0 Å². The fraction of sp³-hybridized carbons (Fsp3) is 0.615. The molecule has 2 heterocycles. The summed E-state index contributed by atoms with van der Waals surface area (Å²) in [5.41, 5.74) is 1.10. The van der Waals surface area contributed by atoms with Crippen molar-refractivity contribution in [3.8, 4) is 0 Å². The van der Waals surface area contributed by atoms with Crippen LogP contribution in [0.5, 0.6) is 0 Å². The molecule has 1 aliphatic heterocycles. The Balaban J connectivity index is 1.80. The van der Waals surface area contributed by atoms with E-state index in [-0.39, 0.29) is 0 Å². The summed E-state index contributed by atoms with van der Waals surface area (Å²) >= 11 is 2.06. The van der Waals surface area contributed by atoms with Crippen LogP contribution in [0, 0.1) is 0 Å². The molecule has 0 aromatic carbocycles. The molecule has 0 amide bonds. The van der Waals surface area contributed by atoms with E-state index in [1.165, 1.54) is 18.6 Å². The van der Waals surface area contributed by atoms with Crippen molar-refractivity contribution in [1.82, 2.24) is 10.6 Å². The summed E-state index contributed by atoms with van der Waals surface area (Å²) in [6.07, 6.45) is 6.08. The topological polar surface area (TPSA) is 49.6 Å². The van der Waals surface area contributed by atoms with E-state index in [0.29, 0.717) is 6.54 Å². The van der Waals surface area contributed by atoms with Gasteiger partial charge in [0, 0.05) is 23.9 Å². The quantitative estimate of drug-likeness (QED) is 0.634. The van der Waals surface area contributed by atoms with Gasteiger partial charge in [-0.1, -0.05) is 0 Å². The highest BCUT2D eigenvalue weighted by atomic mass is 32.2. The third-order valence-electron chi connectivity index (χ3n) is 2.87. The predicted molar refractivity (Wildman–Crippen MR) is 77.0 cm³/mol. The maximum Gasteiger partial charge on any atom is 0.191 e. The van der Waals surface area contributed by atoms with Crippen LogP contribution >= 0.6 is 11.8 Å². The highest BCUT2D eigenvalue weighted by Gasteiger charge is 2.15. The Labute approximate surface area is 113 Å². The molecule has 1 aliphatic rings. The molecule has 1 saturated heterocycles. The van der Waals surface area contributed by atoms with Crippen LogP contribution in [-0.2, 0) is 6.54 Å². The number of rotatable bonds is 5. The number of hydrogen-bond donors (Lipinski definition) is 2. The molecule has 2 N–H and O–H groups in total. The second-order valence-corrected chi connectivity index (χ2v) is 5.75. The van der Waals surface area contributed by atoms with Gasteiger partial charge in [-0.2, -0.15) is 11.8 Å². The number of hydrogen-bond acceptors (Lipinski definition) is 3. The van der Waals surface area contributed by atoms with Crippen LogP contribution in [-0.4, -0.2) is 30.1 Å². The van der Waals surface area contributed by atoms with E-state index < -0.39 is 0 Å². The summed E-state index contributed by atoms with van der Waals surface area (Å²) in [5.74, 6) is 2.20. The first-order valence-corrected chi connectivity index (χ1v) is 7.58. The maximum atomic E-state index is 5.03. The molecule has 5 heteroatoms. The minimum atomic E-state index is 0.656. The predicted octanol–water partition coefficient (Wildman–Crippen LogP) is 2.23. The summed E-state index contributed by atoms with van der Waals surface area (Å²) in [6.45, 7) is 4.62. The second-order valence-electron chi connectivity index (χ2n) is 4.34. The van der Waals surface area contributed by atoms with Crippen molar-refractivity contribution in [3.05, 3.63) is 24.2 Å². The summed E-state index contributed by atoms with van der Waals surface area (Å²) < 4.78 is 5.03. The summed E-state index contributed by atoms with van der Waals surface area (Å²) in [7, 11) is 0. The fourth-order valence-corrected chi connectivity index (χ4v) is 3.11. The molecule has 1 aromatic heterocycles. The van der Waals surface area contributed by atoms with E-state index >= 15 is 0 Å². The number of guanidine groups is 1. The molecule has 0 spiro atoms. The molecule has 1 atom stereocenters. The summed E-state index contributed by atoms with van der Waals surface area (Å²) in [6, 6.07) is 1.94. The Morgan fingerprint density at radius 2 is 2.50 bits per heavy atom. The van der Waals surface area contributed by atoms with Gasteiger partial charge >= 0.3 is 0 Å². The molecular formula is C13H21N3OS. The van der Waals surface area contributed by atoms with Gasteiger partial charge in [-0.3, -0.25) is 0 Å². The Bertz CT molecular complexity index is 358. The lowest BCUT2D eigenvalue weighted by Gasteiger charge is -2.14. The van der Waals surface area contributed by atoms with Gasteiger partial charge in [-0.05, 0) is 31.6 Å². The Hall–Kier alpha value is -1.10. The number of nitrogens with zero attached hydrogens (tertiary/aromatic N) is 1. The van der Waals surface area contributed by atoms with Gasteiger partial charge in [0.15, 0.2) is 5.96 Å². The highest BCUT2D eigenvalue weighted by Crippen LogP contribution is 2.25. The van der Waals surface area contributed by atoms with Gasteiger partial charge in [0.2, 0.25) is 0 Å². The Kier molecular flexibility index (Phi) is 5.45. The smallest absolute Gasteiger partial charge is 0.191 e. The molecule has 1 unspecified atom stereocenters. The van der Waals surface area contributed by atoms with Crippen molar-refractivity contribution >= 4 is 17.7 Å². The molecule has 0 aliphatic carbocycles. The highest BCUT2D eigenvalue weighted by molar-refractivity contribution is 8.00. The molecule has 2 rings (SSSR count). The molecule has 100 valence electrons. The van der Waals surface area contributed by atoms with Gasteiger partial charge in [-0.25, -0.2) is 4.99 Å². The van der Waals surface area contributed by atoms with Crippen molar-refractivity contribution in [2.75, 3.05) is 18.8 Å². The average molecular weight is 267 g/mol. The van der Waals surface area contributed by atoms with Crippen LogP contribution in [0.3, 0.4) is 0 Å². The number of nitrogens with one attached hydrogen (secondary N) is 2. The van der Waals surface area contributed by atoms with E-state index in [1.807, 2.05) is 6.07 Å². The molecule has 1 fully saturated rings. The molecule has 0 saturated carbocycles. The zero-order valence-electron chi connectivity index (χ0n) is 10.8. The van der Waals surface area contributed by atoms with Crippen LogP contribution in [0.1, 0.15) is 25.3 Å². The monoisotopic (exact) mass is 267 g/mol. The first-order valence-electron chi connectivity index (χ1n) is 6.53.